The van der Waals surface area contributed by atoms with Crippen LogP contribution in [0.4, 0.5) is 34.1 Å². The molecule has 0 bridgehead atoms. The minimum absolute atomic E-state index is 0.186. The molecule has 4 aliphatic carbocycles. The van der Waals surface area contributed by atoms with Crippen molar-refractivity contribution in [3.63, 3.8) is 0 Å². The van der Waals surface area contributed by atoms with Gasteiger partial charge in [0, 0.05) is 27.9 Å². The quantitative estimate of drug-likeness (QED) is 0.174. The van der Waals surface area contributed by atoms with Crippen LogP contribution in [0, 0.1) is 0 Å². The first kappa shape index (κ1) is 40.1. The number of hydrogen-bond acceptors (Lipinski definition) is 2. The summed E-state index contributed by atoms with van der Waals surface area (Å²) in [4.78, 5) is 5.06. The molecule has 0 aromatic heterocycles. The summed E-state index contributed by atoms with van der Waals surface area (Å²) >= 11 is 0. The van der Waals surface area contributed by atoms with Crippen molar-refractivity contribution < 1.29 is 0 Å². The Morgan fingerprint density at radius 3 is 1.60 bits per heavy atom. The predicted octanol–water partition coefficient (Wildman–Crippen LogP) is 18.1. The molecule has 11 aromatic rings. The number of benzene rings is 11. The van der Waals surface area contributed by atoms with Crippen molar-refractivity contribution in [3.05, 3.63) is 287 Å². The molecule has 0 saturated heterocycles. The topological polar surface area (TPSA) is 6.48 Å². The lowest BCUT2D eigenvalue weighted by Crippen LogP contribution is -2.32. The second-order valence-electron chi connectivity index (χ2n) is 21.3. The highest BCUT2D eigenvalue weighted by molar-refractivity contribution is 6.04. The Morgan fingerprint density at radius 2 is 0.861 bits per heavy atom. The van der Waals surface area contributed by atoms with Gasteiger partial charge in [0.2, 0.25) is 0 Å². The van der Waals surface area contributed by atoms with E-state index in [4.69, 9.17) is 0 Å². The van der Waals surface area contributed by atoms with Gasteiger partial charge in [0.15, 0.2) is 0 Å². The first-order chi connectivity index (χ1) is 35.4. The second-order valence-corrected chi connectivity index (χ2v) is 21.3. The molecule has 0 saturated carbocycles. The maximum Gasteiger partial charge on any atom is 0.0726 e. The van der Waals surface area contributed by atoms with Crippen LogP contribution in [0.3, 0.4) is 0 Å². The van der Waals surface area contributed by atoms with Gasteiger partial charge in [0.25, 0.3) is 0 Å². The van der Waals surface area contributed by atoms with Crippen molar-refractivity contribution in [1.29, 1.82) is 0 Å². The van der Waals surface area contributed by atoms with Gasteiger partial charge in [-0.3, -0.25) is 0 Å². The zero-order chi connectivity index (χ0) is 47.7. The number of fused-ring (bicyclic) bond motifs is 19. The van der Waals surface area contributed by atoms with Crippen LogP contribution in [-0.2, 0) is 16.2 Å². The third-order valence-corrected chi connectivity index (χ3v) is 17.6. The fraction of sp³-hybridized carbons (Fsp3) is 0.0857. The van der Waals surface area contributed by atoms with E-state index >= 15 is 0 Å². The van der Waals surface area contributed by atoms with Crippen LogP contribution >= 0.6 is 0 Å². The highest BCUT2D eigenvalue weighted by atomic mass is 15.2. The zero-order valence-electron chi connectivity index (χ0n) is 40.4. The van der Waals surface area contributed by atoms with Crippen molar-refractivity contribution >= 4 is 44.9 Å². The molecule has 1 aliphatic heterocycles. The van der Waals surface area contributed by atoms with Gasteiger partial charge in [0.1, 0.15) is 0 Å². The van der Waals surface area contributed by atoms with Gasteiger partial charge in [-0.2, -0.15) is 0 Å². The van der Waals surface area contributed by atoms with Crippen LogP contribution in [0.15, 0.2) is 237 Å². The molecule has 5 aliphatic rings. The van der Waals surface area contributed by atoms with E-state index in [1.807, 2.05) is 0 Å². The van der Waals surface area contributed by atoms with Gasteiger partial charge in [-0.15, -0.1) is 0 Å². The minimum atomic E-state index is -0.550. The summed E-state index contributed by atoms with van der Waals surface area (Å²) in [6, 6.07) is 89.8. The summed E-state index contributed by atoms with van der Waals surface area (Å²) < 4.78 is 0. The van der Waals surface area contributed by atoms with E-state index in [0.29, 0.717) is 0 Å². The van der Waals surface area contributed by atoms with E-state index in [1.54, 1.807) is 0 Å². The third kappa shape index (κ3) is 4.85. The molecule has 16 rings (SSSR count). The molecule has 0 fully saturated rings. The normalized spacial score (nSPS) is 16.8. The van der Waals surface area contributed by atoms with Crippen molar-refractivity contribution in [2.24, 2.45) is 0 Å². The van der Waals surface area contributed by atoms with E-state index < -0.39 is 5.41 Å². The molecular weight excluding hydrogens is 869 g/mol. The number of rotatable bonds is 4. The lowest BCUT2D eigenvalue weighted by Gasteiger charge is -2.42. The smallest absolute Gasteiger partial charge is 0.0726 e. The average molecular weight is 917 g/mol. The van der Waals surface area contributed by atoms with Crippen LogP contribution in [0.2, 0.25) is 0 Å². The molecule has 1 spiro atoms. The molecule has 338 valence electrons. The van der Waals surface area contributed by atoms with Gasteiger partial charge in [-0.1, -0.05) is 184 Å². The summed E-state index contributed by atoms with van der Waals surface area (Å²) in [7, 11) is 0. The Bertz CT molecular complexity index is 4130. The molecule has 2 nitrogen and oxygen atoms in total. The summed E-state index contributed by atoms with van der Waals surface area (Å²) in [5.74, 6) is 0. The van der Waals surface area contributed by atoms with Crippen LogP contribution in [0.25, 0.3) is 55.3 Å². The van der Waals surface area contributed by atoms with Gasteiger partial charge in [-0.25, -0.2) is 0 Å². The molecule has 2 heteroatoms. The molecule has 1 atom stereocenters. The Morgan fingerprint density at radius 1 is 0.319 bits per heavy atom. The van der Waals surface area contributed by atoms with Crippen LogP contribution in [0.5, 0.6) is 0 Å². The van der Waals surface area contributed by atoms with Gasteiger partial charge >= 0.3 is 0 Å². The lowest BCUT2D eigenvalue weighted by molar-refractivity contribution is 0.661. The lowest BCUT2D eigenvalue weighted by atomic mass is 9.69. The molecular formula is C70H48N2. The van der Waals surface area contributed by atoms with Crippen LogP contribution in [0.1, 0.15) is 70.8 Å². The highest BCUT2D eigenvalue weighted by Gasteiger charge is 2.53. The summed E-state index contributed by atoms with van der Waals surface area (Å²) in [5.41, 5.74) is 28.8. The van der Waals surface area contributed by atoms with Crippen molar-refractivity contribution in [3.8, 4) is 44.5 Å². The first-order valence-corrected chi connectivity index (χ1v) is 25.5. The van der Waals surface area contributed by atoms with Crippen LogP contribution < -0.4 is 9.80 Å². The largest absolute Gasteiger partial charge is 0.310 e. The number of nitrogens with zero attached hydrogens (tertiary/aromatic N) is 2. The molecule has 0 N–H and O–H groups in total. The van der Waals surface area contributed by atoms with Crippen LogP contribution in [-0.4, -0.2) is 0 Å². The standard InChI is InChI=1S/C70H48N2/c1-68(2)56-27-11-7-23-50(56)53-25-17-33-64(66(53)68)71(45-19-5-4-6-20-45)46-36-35-43-40-55-52-38-37-47(42-62(52)70(61(55)41-44(43)39-46)58-29-13-9-21-48(58)49-22-10-14-30-59(49)70)72-63-32-16-15-31-60(63)69(3)57-28-12-8-24-51(57)54-26-18-34-65(72)67(54)69/h4-42H,1-3H3. The molecule has 72 heavy (non-hydrogen) atoms. The fourth-order valence-corrected chi connectivity index (χ4v) is 14.7. The van der Waals surface area contributed by atoms with Crippen molar-refractivity contribution in [1.82, 2.24) is 0 Å². The van der Waals surface area contributed by atoms with Gasteiger partial charge in [-0.05, 0) is 179 Å². The third-order valence-electron chi connectivity index (χ3n) is 17.6. The van der Waals surface area contributed by atoms with E-state index in [9.17, 15) is 0 Å². The number of hydrogen-bond donors (Lipinski definition) is 0. The Balaban J connectivity index is 0.928. The number of para-hydroxylation sites is 2. The monoisotopic (exact) mass is 916 g/mol. The second kappa shape index (κ2) is 14.0. The summed E-state index contributed by atoms with van der Waals surface area (Å²) in [5, 5.41) is 2.45. The molecule has 0 amide bonds. The van der Waals surface area contributed by atoms with Crippen molar-refractivity contribution in [2.45, 2.75) is 37.0 Å². The maximum atomic E-state index is 2.56. The minimum Gasteiger partial charge on any atom is -0.310 e. The summed E-state index contributed by atoms with van der Waals surface area (Å²) in [6.07, 6.45) is 0. The van der Waals surface area contributed by atoms with E-state index in [-0.39, 0.29) is 10.8 Å². The maximum absolute atomic E-state index is 2.56. The SMILES string of the molecule is CC1(C)c2ccccc2-c2cccc(N(c3ccccc3)c3ccc4cc5c(cc4c3)C3(c4ccccc4-c4ccccc43)c3cc(N4c6ccccc6C6(C)c7ccccc7-c7cccc4c76)ccc3-5)c21. The summed E-state index contributed by atoms with van der Waals surface area (Å²) in [6.45, 7) is 7.22. The Hall–Kier alpha value is -8.72. The van der Waals surface area contributed by atoms with E-state index in [1.165, 1.54) is 128 Å². The first-order valence-electron chi connectivity index (χ1n) is 25.5. The van der Waals surface area contributed by atoms with Gasteiger partial charge in [0.05, 0.1) is 22.5 Å². The average Bonchev–Trinajstić information content (AvgIpc) is 4.07. The van der Waals surface area contributed by atoms with Crippen molar-refractivity contribution in [2.75, 3.05) is 9.80 Å². The van der Waals surface area contributed by atoms with E-state index in [0.717, 1.165) is 11.4 Å². The van der Waals surface area contributed by atoms with Gasteiger partial charge < -0.3 is 9.80 Å². The Labute approximate surface area is 420 Å². The fourth-order valence-electron chi connectivity index (χ4n) is 14.7. The van der Waals surface area contributed by atoms with E-state index in [2.05, 4.69) is 267 Å². The number of anilines is 6. The molecule has 1 heterocycles. The molecule has 0 radical (unpaired) electrons. The molecule has 1 unspecified atom stereocenters. The predicted molar refractivity (Wildman–Crippen MR) is 298 cm³/mol. The Kier molecular flexibility index (Phi) is 7.78. The molecule has 11 aromatic carbocycles. The highest BCUT2D eigenvalue weighted by Crippen LogP contribution is 2.66. The zero-order valence-corrected chi connectivity index (χ0v) is 40.4.